The van der Waals surface area contributed by atoms with Crippen LogP contribution in [-0.2, 0) is 0 Å². The van der Waals surface area contributed by atoms with Crippen LogP contribution in [0.25, 0.3) is 0 Å². The third kappa shape index (κ3) is 2.88. The summed E-state index contributed by atoms with van der Waals surface area (Å²) >= 11 is 5.53. The van der Waals surface area contributed by atoms with E-state index < -0.39 is 5.82 Å². The Kier molecular flexibility index (Phi) is 3.71. The Bertz CT molecular complexity index is 344. The molecule has 0 unspecified atom stereocenters. The van der Waals surface area contributed by atoms with Crippen LogP contribution in [0.5, 0.6) is 0 Å². The van der Waals surface area contributed by atoms with Gasteiger partial charge in [-0.2, -0.15) is 0 Å². The Hall–Kier alpha value is -1.29. The number of carbonyl (C=O) groups is 1. The Morgan fingerprint density at radius 2 is 2.29 bits per heavy atom. The van der Waals surface area contributed by atoms with Gasteiger partial charge in [0.2, 0.25) is 0 Å². The summed E-state index contributed by atoms with van der Waals surface area (Å²) in [5, 5.41) is 5.04. The quantitative estimate of drug-likeness (QED) is 0.784. The van der Waals surface area contributed by atoms with E-state index in [1.54, 1.807) is 6.92 Å². The Labute approximate surface area is 86.3 Å². The molecule has 0 bridgehead atoms. The van der Waals surface area contributed by atoms with Gasteiger partial charge >= 0.3 is 6.03 Å². The Balaban J connectivity index is 2.68. The lowest BCUT2D eigenvalue weighted by Crippen LogP contribution is -2.28. The van der Waals surface area contributed by atoms with Gasteiger partial charge in [-0.05, 0) is 25.1 Å². The van der Waals surface area contributed by atoms with Crippen molar-refractivity contribution < 1.29 is 9.18 Å². The van der Waals surface area contributed by atoms with E-state index in [4.69, 9.17) is 11.6 Å². The van der Waals surface area contributed by atoms with E-state index in [0.29, 0.717) is 12.2 Å². The SMILES string of the molecule is CCNC(=O)Nc1ccc(F)c(Cl)c1. The molecular formula is C9H10ClFN2O. The van der Waals surface area contributed by atoms with Crippen molar-refractivity contribution >= 4 is 23.3 Å². The zero-order valence-electron chi connectivity index (χ0n) is 7.60. The van der Waals surface area contributed by atoms with Crippen molar-refractivity contribution in [1.29, 1.82) is 0 Å². The highest BCUT2D eigenvalue weighted by Crippen LogP contribution is 2.18. The number of benzene rings is 1. The number of amides is 2. The lowest BCUT2D eigenvalue weighted by atomic mass is 10.3. The van der Waals surface area contributed by atoms with Crippen LogP contribution in [0.15, 0.2) is 18.2 Å². The van der Waals surface area contributed by atoms with Crippen LogP contribution < -0.4 is 10.6 Å². The molecule has 0 spiro atoms. The highest BCUT2D eigenvalue weighted by molar-refractivity contribution is 6.31. The van der Waals surface area contributed by atoms with Crippen molar-refractivity contribution in [3.05, 3.63) is 29.0 Å². The van der Waals surface area contributed by atoms with E-state index in [9.17, 15) is 9.18 Å². The first kappa shape index (κ1) is 10.8. The summed E-state index contributed by atoms with van der Waals surface area (Å²) < 4.78 is 12.7. The minimum absolute atomic E-state index is 0.0145. The molecular weight excluding hydrogens is 207 g/mol. The smallest absolute Gasteiger partial charge is 0.319 e. The minimum Gasteiger partial charge on any atom is -0.338 e. The van der Waals surface area contributed by atoms with E-state index in [-0.39, 0.29) is 11.1 Å². The number of nitrogens with one attached hydrogen (secondary N) is 2. The lowest BCUT2D eigenvalue weighted by molar-refractivity contribution is 0.252. The van der Waals surface area contributed by atoms with Crippen molar-refractivity contribution in [3.8, 4) is 0 Å². The number of anilines is 1. The van der Waals surface area contributed by atoms with Crippen molar-refractivity contribution in [2.75, 3.05) is 11.9 Å². The molecule has 0 radical (unpaired) electrons. The molecule has 1 aromatic rings. The largest absolute Gasteiger partial charge is 0.338 e. The monoisotopic (exact) mass is 216 g/mol. The van der Waals surface area contributed by atoms with Gasteiger partial charge in [-0.15, -0.1) is 0 Å². The summed E-state index contributed by atoms with van der Waals surface area (Å²) in [6.45, 7) is 2.33. The number of halogens is 2. The molecule has 0 aliphatic rings. The zero-order chi connectivity index (χ0) is 10.6. The number of rotatable bonds is 2. The number of urea groups is 1. The second-order valence-corrected chi connectivity index (χ2v) is 3.02. The third-order valence-corrected chi connectivity index (χ3v) is 1.80. The summed E-state index contributed by atoms with van der Waals surface area (Å²) in [6.07, 6.45) is 0. The number of carbonyl (C=O) groups excluding carboxylic acids is 1. The summed E-state index contributed by atoms with van der Waals surface area (Å²) in [6, 6.07) is 3.65. The zero-order valence-corrected chi connectivity index (χ0v) is 8.36. The predicted octanol–water partition coefficient (Wildman–Crippen LogP) is 2.62. The summed E-state index contributed by atoms with van der Waals surface area (Å²) in [5.41, 5.74) is 0.461. The average molecular weight is 217 g/mol. The Morgan fingerprint density at radius 3 is 2.86 bits per heavy atom. The summed E-state index contributed by atoms with van der Waals surface area (Å²) in [5.74, 6) is -0.506. The minimum atomic E-state index is -0.506. The van der Waals surface area contributed by atoms with Gasteiger partial charge in [0.25, 0.3) is 0 Å². The van der Waals surface area contributed by atoms with Gasteiger partial charge in [-0.25, -0.2) is 9.18 Å². The normalized spacial score (nSPS) is 9.64. The van der Waals surface area contributed by atoms with Crippen LogP contribution in [0, 0.1) is 5.82 Å². The highest BCUT2D eigenvalue weighted by atomic mass is 35.5. The van der Waals surface area contributed by atoms with Crippen LogP contribution in [-0.4, -0.2) is 12.6 Å². The first-order valence-electron chi connectivity index (χ1n) is 4.13. The second-order valence-electron chi connectivity index (χ2n) is 2.61. The topological polar surface area (TPSA) is 41.1 Å². The van der Waals surface area contributed by atoms with Crippen LogP contribution >= 0.6 is 11.6 Å². The molecule has 14 heavy (non-hydrogen) atoms. The van der Waals surface area contributed by atoms with Crippen molar-refractivity contribution in [1.82, 2.24) is 5.32 Å². The maximum atomic E-state index is 12.7. The van der Waals surface area contributed by atoms with Gasteiger partial charge in [0.05, 0.1) is 5.02 Å². The van der Waals surface area contributed by atoms with Gasteiger partial charge < -0.3 is 10.6 Å². The van der Waals surface area contributed by atoms with E-state index in [0.717, 1.165) is 0 Å². The van der Waals surface area contributed by atoms with Gasteiger partial charge in [0, 0.05) is 12.2 Å². The molecule has 3 nitrogen and oxygen atoms in total. The van der Waals surface area contributed by atoms with Crippen molar-refractivity contribution in [2.45, 2.75) is 6.92 Å². The molecule has 0 aromatic heterocycles. The van der Waals surface area contributed by atoms with Crippen LogP contribution in [0.4, 0.5) is 14.9 Å². The van der Waals surface area contributed by atoms with E-state index in [2.05, 4.69) is 10.6 Å². The molecule has 0 heterocycles. The fourth-order valence-corrected chi connectivity index (χ4v) is 1.09. The average Bonchev–Trinajstić information content (AvgIpc) is 2.12. The van der Waals surface area contributed by atoms with Crippen LogP contribution in [0.3, 0.4) is 0 Å². The summed E-state index contributed by atoms with van der Waals surface area (Å²) in [4.78, 5) is 11.0. The first-order chi connectivity index (χ1) is 6.63. The molecule has 0 aliphatic heterocycles. The van der Waals surface area contributed by atoms with E-state index in [1.165, 1.54) is 18.2 Å². The Morgan fingerprint density at radius 1 is 1.57 bits per heavy atom. The molecule has 76 valence electrons. The van der Waals surface area contributed by atoms with Gasteiger partial charge in [-0.3, -0.25) is 0 Å². The molecule has 1 rings (SSSR count). The van der Waals surface area contributed by atoms with Crippen molar-refractivity contribution in [3.63, 3.8) is 0 Å². The molecule has 0 saturated carbocycles. The fourth-order valence-electron chi connectivity index (χ4n) is 0.910. The fraction of sp³-hybridized carbons (Fsp3) is 0.222. The molecule has 5 heteroatoms. The molecule has 0 atom stereocenters. The molecule has 1 aromatic carbocycles. The molecule has 0 fully saturated rings. The van der Waals surface area contributed by atoms with Gasteiger partial charge in [0.15, 0.2) is 0 Å². The molecule has 2 amide bonds. The maximum Gasteiger partial charge on any atom is 0.319 e. The molecule has 0 aliphatic carbocycles. The number of hydrogen-bond donors (Lipinski definition) is 2. The molecule has 0 saturated heterocycles. The highest BCUT2D eigenvalue weighted by Gasteiger charge is 2.03. The first-order valence-corrected chi connectivity index (χ1v) is 4.51. The van der Waals surface area contributed by atoms with Gasteiger partial charge in [0.1, 0.15) is 5.82 Å². The second kappa shape index (κ2) is 4.81. The predicted molar refractivity (Wildman–Crippen MR) is 54.1 cm³/mol. The third-order valence-electron chi connectivity index (χ3n) is 1.51. The van der Waals surface area contributed by atoms with E-state index in [1.807, 2.05) is 0 Å². The van der Waals surface area contributed by atoms with Crippen LogP contribution in [0.1, 0.15) is 6.92 Å². The number of hydrogen-bond acceptors (Lipinski definition) is 1. The summed E-state index contributed by atoms with van der Waals surface area (Å²) in [7, 11) is 0. The standard InChI is InChI=1S/C9H10ClFN2O/c1-2-12-9(14)13-6-3-4-8(11)7(10)5-6/h3-5H,2H2,1H3,(H2,12,13,14). The van der Waals surface area contributed by atoms with Crippen LogP contribution in [0.2, 0.25) is 5.02 Å². The maximum absolute atomic E-state index is 12.7. The van der Waals surface area contributed by atoms with E-state index >= 15 is 0 Å². The van der Waals surface area contributed by atoms with Gasteiger partial charge in [-0.1, -0.05) is 11.6 Å². The lowest BCUT2D eigenvalue weighted by Gasteiger charge is -2.05. The molecule has 2 N–H and O–H groups in total. The van der Waals surface area contributed by atoms with Crippen molar-refractivity contribution in [2.24, 2.45) is 0 Å².